The number of likely N-dealkylation sites (tertiary alicyclic amines) is 1. The Morgan fingerprint density at radius 2 is 2.09 bits per heavy atom. The number of aromatic nitrogens is 2. The van der Waals surface area contributed by atoms with Crippen molar-refractivity contribution in [2.75, 3.05) is 38.5 Å². The fraction of sp³-hybridized carbons (Fsp3) is 0.450. The number of H-pyrrole nitrogens is 1. The zero-order chi connectivity index (χ0) is 23.0. The van der Waals surface area contributed by atoms with E-state index in [1.54, 1.807) is 21.9 Å². The third-order valence-electron chi connectivity index (χ3n) is 5.31. The van der Waals surface area contributed by atoms with Crippen molar-refractivity contribution in [1.29, 1.82) is 0 Å². The maximum Gasteiger partial charge on any atom is 0.387 e. The second-order valence-corrected chi connectivity index (χ2v) is 8.63. The van der Waals surface area contributed by atoms with Gasteiger partial charge in [0.1, 0.15) is 23.7 Å². The average molecular weight is 488 g/mol. The number of nitrogens with one attached hydrogen (secondary N) is 2. The van der Waals surface area contributed by atoms with Gasteiger partial charge < -0.3 is 15.0 Å². The second-order valence-electron chi connectivity index (χ2n) is 7.79. The van der Waals surface area contributed by atoms with Crippen LogP contribution in [0.3, 0.4) is 0 Å². The minimum absolute atomic E-state index is 0.163. The van der Waals surface area contributed by atoms with Gasteiger partial charge in [-0.15, -0.1) is 0 Å². The summed E-state index contributed by atoms with van der Waals surface area (Å²) in [4.78, 5) is 22.9. The number of nitrogen functional groups attached to an aromatic ring is 1. The number of nitrogens with zero attached hydrogens (tertiary/aromatic N) is 3. The number of aromatic amines is 1. The van der Waals surface area contributed by atoms with Crippen molar-refractivity contribution in [2.24, 2.45) is 0 Å². The largest absolute Gasteiger partial charge is 0.491 e. The number of anilines is 1. The molecule has 2 amide bonds. The van der Waals surface area contributed by atoms with E-state index < -0.39 is 5.92 Å². The van der Waals surface area contributed by atoms with Gasteiger partial charge in [0.15, 0.2) is 0 Å². The topological polar surface area (TPSA) is 97.9 Å². The predicted molar refractivity (Wildman–Crippen MR) is 116 cm³/mol. The fourth-order valence-electron chi connectivity index (χ4n) is 3.89. The third kappa shape index (κ3) is 4.67. The van der Waals surface area contributed by atoms with Crippen LogP contribution >= 0.6 is 23.2 Å². The number of amides is 2. The first kappa shape index (κ1) is 22.8. The third-order valence-corrected chi connectivity index (χ3v) is 5.82. The maximum absolute atomic E-state index is 13.1. The number of nitrogens with two attached hydrogens (primary N) is 1. The van der Waals surface area contributed by atoms with E-state index in [9.17, 15) is 13.6 Å². The molecule has 0 atom stereocenters. The molecule has 4 rings (SSSR count). The van der Waals surface area contributed by atoms with Crippen LogP contribution < -0.4 is 20.8 Å². The van der Waals surface area contributed by atoms with E-state index in [0.717, 1.165) is 5.56 Å². The van der Waals surface area contributed by atoms with E-state index in [0.29, 0.717) is 58.9 Å². The molecule has 2 aliphatic rings. The first-order valence-corrected chi connectivity index (χ1v) is 10.9. The van der Waals surface area contributed by atoms with Crippen molar-refractivity contribution in [1.82, 2.24) is 20.1 Å². The summed E-state index contributed by atoms with van der Waals surface area (Å²) in [5, 5.41) is 3.46. The van der Waals surface area contributed by atoms with Gasteiger partial charge in [0.25, 0.3) is 5.92 Å². The first-order chi connectivity index (χ1) is 15.2. The van der Waals surface area contributed by atoms with Crippen LogP contribution in [0.25, 0.3) is 11.3 Å². The standard InChI is InChI=1S/C20H22Cl2F2N6O2/c1-2-26-19(31)30-7-12-14(8-30)27-18(25)28-17(12)16-13(22)5-11(21)6-15(16)32-4-3-29-9-20(23,24)10-29/h5-6H,2-4,7-10H2,1H3,(H,26,31)(H2,25,27,28)/p+1. The van der Waals surface area contributed by atoms with Crippen LogP contribution in [0, 0.1) is 0 Å². The van der Waals surface area contributed by atoms with Gasteiger partial charge in [-0.05, 0) is 19.1 Å². The molecule has 32 heavy (non-hydrogen) atoms. The molecule has 4 N–H and O–H groups in total. The molecule has 12 heteroatoms. The molecule has 1 saturated heterocycles. The van der Waals surface area contributed by atoms with Crippen LogP contribution in [0.15, 0.2) is 12.1 Å². The van der Waals surface area contributed by atoms with Crippen molar-refractivity contribution < 1.29 is 23.3 Å². The quantitative estimate of drug-likeness (QED) is 0.652. The highest BCUT2D eigenvalue weighted by Crippen LogP contribution is 2.41. The summed E-state index contributed by atoms with van der Waals surface area (Å²) in [5.74, 6) is -2.09. The Hall–Kier alpha value is -2.43. The predicted octanol–water partition coefficient (Wildman–Crippen LogP) is 2.83. The minimum atomic E-state index is -2.63. The van der Waals surface area contributed by atoms with Gasteiger partial charge in [-0.25, -0.2) is 18.6 Å². The van der Waals surface area contributed by atoms with Crippen LogP contribution in [-0.2, 0) is 13.1 Å². The lowest BCUT2D eigenvalue weighted by atomic mass is 10.0. The Labute approximate surface area is 193 Å². The summed E-state index contributed by atoms with van der Waals surface area (Å²) >= 11 is 12.7. The van der Waals surface area contributed by atoms with E-state index in [-0.39, 0.29) is 31.7 Å². The van der Waals surface area contributed by atoms with E-state index in [1.165, 1.54) is 0 Å². The molecule has 0 aliphatic carbocycles. The van der Waals surface area contributed by atoms with Gasteiger partial charge in [0.05, 0.1) is 42.3 Å². The lowest BCUT2D eigenvalue weighted by Gasteiger charge is -2.38. The monoisotopic (exact) mass is 487 g/mol. The van der Waals surface area contributed by atoms with Gasteiger partial charge >= 0.3 is 12.0 Å². The highest BCUT2D eigenvalue weighted by molar-refractivity contribution is 6.36. The fourth-order valence-corrected chi connectivity index (χ4v) is 4.46. The van der Waals surface area contributed by atoms with Crippen LogP contribution in [-0.4, -0.2) is 59.5 Å². The summed E-state index contributed by atoms with van der Waals surface area (Å²) in [6, 6.07) is 2.98. The van der Waals surface area contributed by atoms with Gasteiger partial charge in [-0.1, -0.05) is 28.2 Å². The Balaban J connectivity index is 1.62. The van der Waals surface area contributed by atoms with Crippen molar-refractivity contribution in [3.63, 3.8) is 0 Å². The number of carbonyl (C=O) groups is 1. The zero-order valence-electron chi connectivity index (χ0n) is 17.4. The Bertz CT molecular complexity index is 1050. The molecular weight excluding hydrogens is 465 g/mol. The number of urea groups is 1. The van der Waals surface area contributed by atoms with Crippen molar-refractivity contribution in [2.45, 2.75) is 25.9 Å². The summed E-state index contributed by atoms with van der Waals surface area (Å²) in [7, 11) is 0. The molecule has 8 nitrogen and oxygen atoms in total. The number of halogens is 4. The second kappa shape index (κ2) is 8.84. The number of carbonyl (C=O) groups excluding carboxylic acids is 1. The highest BCUT2D eigenvalue weighted by Gasteiger charge is 2.43. The summed E-state index contributed by atoms with van der Waals surface area (Å²) < 4.78 is 32.0. The number of alkyl halides is 2. The molecule has 172 valence electrons. The molecule has 0 bridgehead atoms. The normalized spacial score (nSPS) is 17.1. The van der Waals surface area contributed by atoms with E-state index in [1.807, 2.05) is 6.92 Å². The zero-order valence-corrected chi connectivity index (χ0v) is 18.9. The SMILES string of the molecule is CCNC(=O)N1Cc2nc(N)[nH+]c(-c3c(Cl)cc(Cl)cc3OCCN3CC(F)(F)C3)c2C1. The molecule has 0 radical (unpaired) electrons. The Morgan fingerprint density at radius 3 is 2.78 bits per heavy atom. The maximum atomic E-state index is 13.1. The lowest BCUT2D eigenvalue weighted by molar-refractivity contribution is -0.351. The van der Waals surface area contributed by atoms with E-state index in [2.05, 4.69) is 15.3 Å². The highest BCUT2D eigenvalue weighted by atomic mass is 35.5. The Kier molecular flexibility index (Phi) is 6.28. The summed E-state index contributed by atoms with van der Waals surface area (Å²) in [6.45, 7) is 2.91. The van der Waals surface area contributed by atoms with Crippen molar-refractivity contribution in [3.05, 3.63) is 33.4 Å². The molecular formula is C20H23Cl2F2N6O2+. The lowest BCUT2D eigenvalue weighted by Crippen LogP contribution is -2.57. The molecule has 3 heterocycles. The van der Waals surface area contributed by atoms with Gasteiger partial charge in [0.2, 0.25) is 0 Å². The van der Waals surface area contributed by atoms with Crippen molar-refractivity contribution >= 4 is 35.2 Å². The molecule has 2 aliphatic heterocycles. The van der Waals surface area contributed by atoms with E-state index in [4.69, 9.17) is 33.7 Å². The average Bonchev–Trinajstić information content (AvgIpc) is 3.10. The number of ether oxygens (including phenoxy) is 1. The number of fused-ring (bicyclic) bond motifs is 1. The van der Waals surface area contributed by atoms with Crippen LogP contribution in [0.2, 0.25) is 10.0 Å². The number of rotatable bonds is 6. The number of benzene rings is 1. The molecule has 0 saturated carbocycles. The van der Waals surface area contributed by atoms with Gasteiger partial charge in [-0.2, -0.15) is 0 Å². The number of hydrogen-bond acceptors (Lipinski definition) is 5. The Morgan fingerprint density at radius 1 is 1.34 bits per heavy atom. The molecule has 2 aromatic rings. The minimum Gasteiger partial charge on any atom is -0.491 e. The van der Waals surface area contributed by atoms with Gasteiger partial charge in [-0.3, -0.25) is 10.6 Å². The number of hydrogen-bond donors (Lipinski definition) is 2. The smallest absolute Gasteiger partial charge is 0.387 e. The molecule has 0 spiro atoms. The summed E-state index contributed by atoms with van der Waals surface area (Å²) in [6.07, 6.45) is 0. The van der Waals surface area contributed by atoms with Crippen LogP contribution in [0.1, 0.15) is 18.2 Å². The van der Waals surface area contributed by atoms with Crippen molar-refractivity contribution in [3.8, 4) is 17.0 Å². The summed E-state index contributed by atoms with van der Waals surface area (Å²) in [5.41, 5.74) is 8.51. The molecule has 1 fully saturated rings. The van der Waals surface area contributed by atoms with Crippen LogP contribution in [0.5, 0.6) is 5.75 Å². The molecule has 1 aromatic carbocycles. The molecule has 1 aromatic heterocycles. The van der Waals surface area contributed by atoms with E-state index >= 15 is 0 Å². The molecule has 0 unspecified atom stereocenters. The van der Waals surface area contributed by atoms with Gasteiger partial charge in [0, 0.05) is 18.1 Å². The first-order valence-electron chi connectivity index (χ1n) is 10.1. The van der Waals surface area contributed by atoms with Crippen LogP contribution in [0.4, 0.5) is 19.5 Å².